The van der Waals surface area contributed by atoms with Crippen molar-refractivity contribution in [1.29, 1.82) is 0 Å². The Morgan fingerprint density at radius 3 is 2.58 bits per heavy atom. The zero-order valence-electron chi connectivity index (χ0n) is 21.6. The average Bonchev–Trinajstić information content (AvgIpc) is 3.38. The Morgan fingerprint density at radius 1 is 1.06 bits per heavy atom. The van der Waals surface area contributed by atoms with Crippen LogP contribution < -0.4 is 5.56 Å². The summed E-state index contributed by atoms with van der Waals surface area (Å²) in [4.78, 5) is 18.8. The first-order valence-corrected chi connectivity index (χ1v) is 13.2. The summed E-state index contributed by atoms with van der Waals surface area (Å²) in [5.41, 5.74) is 5.16. The predicted octanol–water partition coefficient (Wildman–Crippen LogP) is 5.79. The highest BCUT2D eigenvalue weighted by Crippen LogP contribution is 2.33. The number of hydrogen-bond donors (Lipinski definition) is 1. The molecule has 0 radical (unpaired) electrons. The highest BCUT2D eigenvalue weighted by Gasteiger charge is 2.29. The normalized spacial score (nSPS) is 15.6. The molecule has 2 aromatic carbocycles. The van der Waals surface area contributed by atoms with Gasteiger partial charge in [0.15, 0.2) is 5.82 Å². The summed E-state index contributed by atoms with van der Waals surface area (Å²) in [6.07, 6.45) is 6.82. The number of aromatic nitrogens is 5. The Kier molecular flexibility index (Phi) is 7.28. The van der Waals surface area contributed by atoms with Gasteiger partial charge in [-0.05, 0) is 71.7 Å². The van der Waals surface area contributed by atoms with Crippen molar-refractivity contribution in [2.75, 3.05) is 0 Å². The molecule has 0 spiro atoms. The van der Waals surface area contributed by atoms with Gasteiger partial charge >= 0.3 is 0 Å². The third-order valence-electron chi connectivity index (χ3n) is 7.79. The van der Waals surface area contributed by atoms with Crippen molar-refractivity contribution in [1.82, 2.24) is 30.1 Å². The van der Waals surface area contributed by atoms with Crippen LogP contribution in [-0.2, 0) is 13.1 Å². The Bertz CT molecular complexity index is 1370. The second-order valence-electron chi connectivity index (χ2n) is 10.2. The summed E-state index contributed by atoms with van der Waals surface area (Å²) >= 11 is 0. The first kappa shape index (κ1) is 24.4. The Hall–Kier alpha value is -3.32. The molecule has 188 valence electrons. The van der Waals surface area contributed by atoms with Crippen LogP contribution in [0.2, 0.25) is 0 Å². The van der Waals surface area contributed by atoms with Crippen molar-refractivity contribution in [3.8, 4) is 0 Å². The summed E-state index contributed by atoms with van der Waals surface area (Å²) in [5, 5.41) is 14.1. The summed E-state index contributed by atoms with van der Waals surface area (Å²) in [7, 11) is 0. The fourth-order valence-corrected chi connectivity index (χ4v) is 5.61. The van der Waals surface area contributed by atoms with Crippen molar-refractivity contribution in [3.63, 3.8) is 0 Å². The minimum absolute atomic E-state index is 0.00279. The van der Waals surface area contributed by atoms with E-state index in [-0.39, 0.29) is 11.6 Å². The van der Waals surface area contributed by atoms with Crippen molar-refractivity contribution in [2.45, 2.75) is 84.5 Å². The Balaban J connectivity index is 1.53. The van der Waals surface area contributed by atoms with Gasteiger partial charge in [0.2, 0.25) is 0 Å². The number of pyridine rings is 1. The summed E-state index contributed by atoms with van der Waals surface area (Å²) in [5.74, 6) is 0.906. The zero-order valence-corrected chi connectivity index (χ0v) is 21.6. The number of aryl methyl sites for hydroxylation is 2. The molecule has 0 bridgehead atoms. The van der Waals surface area contributed by atoms with Crippen molar-refractivity contribution < 1.29 is 0 Å². The Morgan fingerprint density at radius 2 is 1.83 bits per heavy atom. The number of hydrogen-bond acceptors (Lipinski definition) is 5. The van der Waals surface area contributed by atoms with E-state index in [9.17, 15) is 4.79 Å². The molecule has 1 saturated carbocycles. The van der Waals surface area contributed by atoms with Crippen LogP contribution in [0.1, 0.15) is 85.6 Å². The SMILES string of the molecule is CC[C@@H](c1nnnn1C1CCCCC1)N(Cc1ccccc1)Cc1cc2ccc(C)c(C)c2[nH]c1=O. The largest absolute Gasteiger partial charge is 0.321 e. The van der Waals surface area contributed by atoms with E-state index in [1.54, 1.807) is 0 Å². The molecule has 7 nitrogen and oxygen atoms in total. The fraction of sp³-hybridized carbons (Fsp3) is 0.448. The maximum Gasteiger partial charge on any atom is 0.252 e. The van der Waals surface area contributed by atoms with E-state index >= 15 is 0 Å². The van der Waals surface area contributed by atoms with Crippen molar-refractivity contribution in [2.24, 2.45) is 0 Å². The maximum absolute atomic E-state index is 13.3. The highest BCUT2D eigenvalue weighted by molar-refractivity contribution is 5.83. The number of aromatic amines is 1. The van der Waals surface area contributed by atoms with Crippen LogP contribution >= 0.6 is 0 Å². The van der Waals surface area contributed by atoms with Gasteiger partial charge < -0.3 is 4.98 Å². The lowest BCUT2D eigenvalue weighted by molar-refractivity contribution is 0.155. The molecule has 2 aromatic heterocycles. The van der Waals surface area contributed by atoms with Gasteiger partial charge in [0, 0.05) is 18.7 Å². The van der Waals surface area contributed by atoms with Gasteiger partial charge in [-0.15, -0.1) is 5.10 Å². The van der Waals surface area contributed by atoms with Crippen LogP contribution in [0.5, 0.6) is 0 Å². The van der Waals surface area contributed by atoms with E-state index in [1.165, 1.54) is 30.4 Å². The van der Waals surface area contributed by atoms with Gasteiger partial charge in [-0.3, -0.25) is 9.69 Å². The number of tetrazole rings is 1. The van der Waals surface area contributed by atoms with Gasteiger partial charge in [-0.25, -0.2) is 4.68 Å². The number of fused-ring (bicyclic) bond motifs is 1. The number of rotatable bonds is 8. The molecule has 4 aromatic rings. The first-order chi connectivity index (χ1) is 17.5. The van der Waals surface area contributed by atoms with Crippen LogP contribution in [-0.4, -0.2) is 30.1 Å². The summed E-state index contributed by atoms with van der Waals surface area (Å²) in [6, 6.07) is 17.1. The second kappa shape index (κ2) is 10.7. The number of nitrogens with one attached hydrogen (secondary N) is 1. The first-order valence-electron chi connectivity index (χ1n) is 13.2. The monoisotopic (exact) mass is 484 g/mol. The summed E-state index contributed by atoms with van der Waals surface area (Å²) in [6.45, 7) is 7.54. The second-order valence-corrected chi connectivity index (χ2v) is 10.2. The van der Waals surface area contributed by atoms with Gasteiger partial charge in [0.1, 0.15) is 0 Å². The lowest BCUT2D eigenvalue weighted by Crippen LogP contribution is -2.33. The van der Waals surface area contributed by atoms with Crippen LogP contribution in [0.4, 0.5) is 0 Å². The fourth-order valence-electron chi connectivity index (χ4n) is 5.61. The molecule has 1 N–H and O–H groups in total. The van der Waals surface area contributed by atoms with E-state index < -0.39 is 0 Å². The number of benzene rings is 2. The maximum atomic E-state index is 13.3. The smallest absolute Gasteiger partial charge is 0.252 e. The average molecular weight is 485 g/mol. The lowest BCUT2D eigenvalue weighted by atomic mass is 9.95. The quantitative estimate of drug-likeness (QED) is 0.342. The molecule has 0 unspecified atom stereocenters. The van der Waals surface area contributed by atoms with Gasteiger partial charge in [0.25, 0.3) is 5.56 Å². The van der Waals surface area contributed by atoms with Gasteiger partial charge in [-0.2, -0.15) is 0 Å². The minimum Gasteiger partial charge on any atom is -0.321 e. The molecule has 7 heteroatoms. The number of H-pyrrole nitrogens is 1. The molecule has 0 saturated heterocycles. The van der Waals surface area contributed by atoms with E-state index in [1.807, 2.05) is 6.07 Å². The van der Waals surface area contributed by atoms with Gasteiger partial charge in [-0.1, -0.05) is 68.7 Å². The van der Waals surface area contributed by atoms with Crippen LogP contribution in [0.25, 0.3) is 10.9 Å². The highest BCUT2D eigenvalue weighted by atomic mass is 16.1. The van der Waals surface area contributed by atoms with E-state index in [2.05, 4.69) is 93.3 Å². The third kappa shape index (κ3) is 4.98. The Labute approximate surface area is 212 Å². The zero-order chi connectivity index (χ0) is 25.1. The van der Waals surface area contributed by atoms with E-state index in [0.717, 1.165) is 47.1 Å². The van der Waals surface area contributed by atoms with E-state index in [4.69, 9.17) is 0 Å². The molecule has 0 amide bonds. The van der Waals surface area contributed by atoms with Crippen LogP contribution in [0.3, 0.4) is 0 Å². The molecule has 5 rings (SSSR count). The number of nitrogens with zero attached hydrogens (tertiary/aromatic N) is 5. The molecule has 1 atom stereocenters. The molecular weight excluding hydrogens is 448 g/mol. The van der Waals surface area contributed by atoms with Crippen molar-refractivity contribution in [3.05, 3.63) is 87.0 Å². The molecule has 1 aliphatic rings. The molecule has 2 heterocycles. The molecule has 1 aliphatic carbocycles. The molecule has 1 fully saturated rings. The lowest BCUT2D eigenvalue weighted by Gasteiger charge is -2.32. The van der Waals surface area contributed by atoms with E-state index in [0.29, 0.717) is 19.1 Å². The van der Waals surface area contributed by atoms with Crippen molar-refractivity contribution >= 4 is 10.9 Å². The topological polar surface area (TPSA) is 79.7 Å². The molecule has 0 aliphatic heterocycles. The summed E-state index contributed by atoms with van der Waals surface area (Å²) < 4.78 is 2.07. The molecule has 36 heavy (non-hydrogen) atoms. The standard InChI is InChI=1S/C29H36N6O/c1-4-26(28-31-32-33-35(28)25-13-9-6-10-14-25)34(18-22-11-7-5-8-12-22)19-24-17-23-16-15-20(2)21(3)27(23)30-29(24)36/h5,7-8,11-12,15-17,25-26H,4,6,9-10,13-14,18-19H2,1-3H3,(H,30,36)/t26-/m0/s1. The third-order valence-corrected chi connectivity index (χ3v) is 7.79. The predicted molar refractivity (Wildman–Crippen MR) is 143 cm³/mol. The van der Waals surface area contributed by atoms with Gasteiger partial charge in [0.05, 0.1) is 17.6 Å². The molecular formula is C29H36N6O. The van der Waals surface area contributed by atoms with Crippen LogP contribution in [0.15, 0.2) is 53.3 Å². The van der Waals surface area contributed by atoms with Crippen LogP contribution in [0, 0.1) is 13.8 Å². The minimum atomic E-state index is -0.0315.